The van der Waals surface area contributed by atoms with Crippen LogP contribution in [0.3, 0.4) is 0 Å². The number of pyridine rings is 2. The molecule has 172 valence electrons. The van der Waals surface area contributed by atoms with Crippen LogP contribution in [0.4, 0.5) is 5.69 Å². The van der Waals surface area contributed by atoms with Crippen molar-refractivity contribution in [2.75, 3.05) is 0 Å². The van der Waals surface area contributed by atoms with Gasteiger partial charge in [-0.15, -0.1) is 0 Å². The van der Waals surface area contributed by atoms with Gasteiger partial charge in [0.25, 0.3) is 15.6 Å². The van der Waals surface area contributed by atoms with Crippen LogP contribution in [-0.4, -0.2) is 28.9 Å². The van der Waals surface area contributed by atoms with E-state index < -0.39 is 15.6 Å². The zero-order valence-electron chi connectivity index (χ0n) is 18.4. The smallest absolute Gasteiger partial charge is 0.267 e. The summed E-state index contributed by atoms with van der Waals surface area (Å²) in [5, 5.41) is 11.4. The molecule has 0 saturated carbocycles. The molecule has 0 spiro atoms. The van der Waals surface area contributed by atoms with Gasteiger partial charge >= 0.3 is 0 Å². The second-order valence-electron chi connectivity index (χ2n) is 8.05. The van der Waals surface area contributed by atoms with E-state index in [2.05, 4.69) is 14.7 Å². The summed E-state index contributed by atoms with van der Waals surface area (Å²) >= 11 is 0. The third kappa shape index (κ3) is 3.63. The third-order valence-corrected chi connectivity index (χ3v) is 7.13. The summed E-state index contributed by atoms with van der Waals surface area (Å²) in [5.41, 5.74) is 1.40. The van der Waals surface area contributed by atoms with Crippen LogP contribution in [-0.2, 0) is 23.0 Å². The van der Waals surface area contributed by atoms with Crippen molar-refractivity contribution >= 4 is 32.6 Å². The van der Waals surface area contributed by atoms with Crippen molar-refractivity contribution in [3.05, 3.63) is 93.9 Å². The van der Waals surface area contributed by atoms with Gasteiger partial charge in [-0.25, -0.2) is 18.4 Å². The van der Waals surface area contributed by atoms with Crippen LogP contribution in [0.15, 0.2) is 81.5 Å². The topological polar surface area (TPSA) is 114 Å². The molecule has 0 radical (unpaired) electrons. The lowest BCUT2D eigenvalue weighted by molar-refractivity contribution is 0.477. The third-order valence-electron chi connectivity index (χ3n) is 5.76. The maximum absolute atomic E-state index is 13.7. The Bertz CT molecular complexity index is 1610. The highest BCUT2D eigenvalue weighted by Gasteiger charge is 2.31. The van der Waals surface area contributed by atoms with E-state index in [9.17, 15) is 18.3 Å². The molecule has 2 aromatic carbocycles. The highest BCUT2D eigenvalue weighted by atomic mass is 32.2. The van der Waals surface area contributed by atoms with Gasteiger partial charge in [-0.1, -0.05) is 55.8 Å². The lowest BCUT2D eigenvalue weighted by atomic mass is 10.1. The van der Waals surface area contributed by atoms with Crippen LogP contribution in [0.2, 0.25) is 0 Å². The van der Waals surface area contributed by atoms with Gasteiger partial charge in [0.1, 0.15) is 21.9 Å². The van der Waals surface area contributed by atoms with Crippen molar-refractivity contribution in [1.82, 2.24) is 14.3 Å². The Balaban J connectivity index is 1.79. The number of aliphatic imine (C=N–C) groups is 1. The van der Waals surface area contributed by atoms with E-state index in [4.69, 9.17) is 0 Å². The molecule has 0 amide bonds. The van der Waals surface area contributed by atoms with Crippen LogP contribution in [0.25, 0.3) is 11.0 Å². The second kappa shape index (κ2) is 8.42. The number of sulfonamides is 1. The summed E-state index contributed by atoms with van der Waals surface area (Å²) < 4.78 is 30.0. The molecule has 5 rings (SSSR count). The Kier molecular flexibility index (Phi) is 5.41. The summed E-state index contributed by atoms with van der Waals surface area (Å²) in [6, 6.07) is 17.6. The zero-order valence-corrected chi connectivity index (χ0v) is 19.2. The van der Waals surface area contributed by atoms with Gasteiger partial charge in [-0.2, -0.15) is 0 Å². The average Bonchev–Trinajstić information content (AvgIpc) is 2.83. The number of nitrogens with one attached hydrogen (secondary N) is 1. The fourth-order valence-corrected chi connectivity index (χ4v) is 5.40. The van der Waals surface area contributed by atoms with E-state index in [1.807, 2.05) is 43.3 Å². The number of amidine groups is 1. The SMILES string of the molecule is CCCc1cccc2c1N=C(c1c(O)c3cccnc3n(Cc3ccccc3)c1=O)NS2(=O)=O. The van der Waals surface area contributed by atoms with Crippen molar-refractivity contribution in [1.29, 1.82) is 0 Å². The predicted molar refractivity (Wildman–Crippen MR) is 130 cm³/mol. The summed E-state index contributed by atoms with van der Waals surface area (Å²) in [6.07, 6.45) is 2.96. The molecule has 1 aliphatic heterocycles. The highest BCUT2D eigenvalue weighted by Crippen LogP contribution is 2.34. The highest BCUT2D eigenvalue weighted by molar-refractivity contribution is 7.90. The molecule has 2 N–H and O–H groups in total. The van der Waals surface area contributed by atoms with Gasteiger partial charge in [-0.05, 0) is 35.7 Å². The average molecular weight is 475 g/mol. The number of aromatic hydroxyl groups is 1. The van der Waals surface area contributed by atoms with Gasteiger partial charge < -0.3 is 5.11 Å². The number of fused-ring (bicyclic) bond motifs is 2. The number of rotatable bonds is 5. The number of hydrogen-bond donors (Lipinski definition) is 2. The van der Waals surface area contributed by atoms with Crippen LogP contribution < -0.4 is 10.3 Å². The Hall–Kier alpha value is -3.98. The molecule has 34 heavy (non-hydrogen) atoms. The molecule has 9 heteroatoms. The minimum atomic E-state index is -3.99. The van der Waals surface area contributed by atoms with E-state index >= 15 is 0 Å². The van der Waals surface area contributed by atoms with Crippen LogP contribution >= 0.6 is 0 Å². The van der Waals surface area contributed by atoms with Gasteiger partial charge in [0.2, 0.25) is 0 Å². The quantitative estimate of drug-likeness (QED) is 0.460. The molecule has 0 aliphatic carbocycles. The maximum atomic E-state index is 13.7. The molecule has 8 nitrogen and oxygen atoms in total. The standard InChI is InChI=1S/C25H22N4O4S/c1-2-8-17-11-6-13-19-21(17)27-23(28-34(19,32)33)20-22(30)18-12-7-14-26-24(18)29(25(20)31)15-16-9-4-3-5-10-16/h3-7,9-14,30H,2,8,15H2,1H3,(H,27,28). The molecule has 4 aromatic rings. The first-order valence-corrected chi connectivity index (χ1v) is 12.4. The molecule has 2 aromatic heterocycles. The first kappa shape index (κ1) is 21.8. The lowest BCUT2D eigenvalue weighted by Crippen LogP contribution is -2.39. The molecule has 0 unspecified atom stereocenters. The van der Waals surface area contributed by atoms with Crippen LogP contribution in [0.5, 0.6) is 5.75 Å². The summed E-state index contributed by atoms with van der Waals surface area (Å²) in [6.45, 7) is 2.18. The molecule has 3 heterocycles. The lowest BCUT2D eigenvalue weighted by Gasteiger charge is -2.21. The van der Waals surface area contributed by atoms with Gasteiger partial charge in [0.15, 0.2) is 5.84 Å². The second-order valence-corrected chi connectivity index (χ2v) is 9.71. The van der Waals surface area contributed by atoms with Crippen LogP contribution in [0, 0.1) is 0 Å². The minimum Gasteiger partial charge on any atom is -0.506 e. The number of para-hydroxylation sites is 1. The number of aromatic nitrogens is 2. The number of benzene rings is 2. The van der Waals surface area contributed by atoms with Crippen LogP contribution in [0.1, 0.15) is 30.0 Å². The fraction of sp³-hybridized carbons (Fsp3) is 0.160. The van der Waals surface area contributed by atoms with E-state index in [0.29, 0.717) is 17.5 Å². The summed E-state index contributed by atoms with van der Waals surface area (Å²) in [7, 11) is -3.99. The van der Waals surface area contributed by atoms with Crippen molar-refractivity contribution in [3.8, 4) is 5.75 Å². The first-order chi connectivity index (χ1) is 16.4. The molecular weight excluding hydrogens is 452 g/mol. The van der Waals surface area contributed by atoms with Gasteiger partial charge in [-0.3, -0.25) is 14.1 Å². The Morgan fingerprint density at radius 3 is 2.59 bits per heavy atom. The minimum absolute atomic E-state index is 0.0498. The van der Waals surface area contributed by atoms with Crippen molar-refractivity contribution in [2.45, 2.75) is 31.2 Å². The van der Waals surface area contributed by atoms with E-state index in [1.54, 1.807) is 18.2 Å². The molecule has 0 fully saturated rings. The molecular formula is C25H22N4O4S. The van der Waals surface area contributed by atoms with Gasteiger partial charge in [0, 0.05) is 6.20 Å². The fourth-order valence-electron chi connectivity index (χ4n) is 4.20. The maximum Gasteiger partial charge on any atom is 0.267 e. The summed E-state index contributed by atoms with van der Waals surface area (Å²) in [5.74, 6) is -0.568. The van der Waals surface area contributed by atoms with Crippen molar-refractivity contribution in [2.24, 2.45) is 4.99 Å². The largest absolute Gasteiger partial charge is 0.506 e. The first-order valence-electron chi connectivity index (χ1n) is 10.9. The Morgan fingerprint density at radius 2 is 1.82 bits per heavy atom. The van der Waals surface area contributed by atoms with Crippen molar-refractivity contribution < 1.29 is 13.5 Å². The zero-order chi connectivity index (χ0) is 23.9. The van der Waals surface area contributed by atoms with Gasteiger partial charge in [0.05, 0.1) is 17.6 Å². The van der Waals surface area contributed by atoms with E-state index in [1.165, 1.54) is 16.8 Å². The predicted octanol–water partition coefficient (Wildman–Crippen LogP) is 3.47. The molecule has 0 bridgehead atoms. The summed E-state index contributed by atoms with van der Waals surface area (Å²) in [4.78, 5) is 22.6. The van der Waals surface area contributed by atoms with Crippen molar-refractivity contribution in [3.63, 3.8) is 0 Å². The Labute approximate surface area is 196 Å². The molecule has 0 saturated heterocycles. The monoisotopic (exact) mass is 474 g/mol. The van der Waals surface area contributed by atoms with E-state index in [-0.39, 0.29) is 34.3 Å². The van der Waals surface area contributed by atoms with E-state index in [0.717, 1.165) is 17.5 Å². The normalized spacial score (nSPS) is 14.3. The molecule has 0 atom stereocenters. The number of aryl methyl sites for hydroxylation is 1. The Morgan fingerprint density at radius 1 is 1.03 bits per heavy atom. The molecule has 1 aliphatic rings. The number of nitrogens with zero attached hydrogens (tertiary/aromatic N) is 3. The number of hydrogen-bond acceptors (Lipinski definition) is 6.